The molecule has 1 rings (SSSR count). The molecule has 112 valence electrons. The summed E-state index contributed by atoms with van der Waals surface area (Å²) in [5.41, 5.74) is 0.357. The highest BCUT2D eigenvalue weighted by molar-refractivity contribution is 5.69. The Morgan fingerprint density at radius 3 is 2.70 bits per heavy atom. The minimum Gasteiger partial charge on any atom is -0.469 e. The summed E-state index contributed by atoms with van der Waals surface area (Å²) in [5, 5.41) is 0. The van der Waals surface area contributed by atoms with Crippen molar-refractivity contribution in [1.82, 2.24) is 9.97 Å². The van der Waals surface area contributed by atoms with Crippen LogP contribution in [0.25, 0.3) is 0 Å². The molecule has 1 aromatic heterocycles. The standard InChI is InChI=1S/C13H20FN3O3/c1-4-10-12(14)13(16-9-15-10)17(7-8-19-2)6-5-11(18)20-3/h9H,4-8H2,1-3H3. The summed E-state index contributed by atoms with van der Waals surface area (Å²) in [6.45, 7) is 2.98. The highest BCUT2D eigenvalue weighted by atomic mass is 19.1. The number of nitrogens with zero attached hydrogens (tertiary/aromatic N) is 3. The van der Waals surface area contributed by atoms with Gasteiger partial charge in [0.1, 0.15) is 6.33 Å². The van der Waals surface area contributed by atoms with Gasteiger partial charge in [0.25, 0.3) is 0 Å². The second-order valence-electron chi connectivity index (χ2n) is 4.12. The molecule has 7 heteroatoms. The smallest absolute Gasteiger partial charge is 0.307 e. The SMILES string of the molecule is CCc1ncnc(N(CCOC)CCC(=O)OC)c1F. The molecule has 0 bridgehead atoms. The Hall–Kier alpha value is -1.76. The molecular formula is C13H20FN3O3. The maximum atomic E-state index is 14.2. The monoisotopic (exact) mass is 285 g/mol. The lowest BCUT2D eigenvalue weighted by Gasteiger charge is -2.23. The average Bonchev–Trinajstić information content (AvgIpc) is 2.47. The molecule has 0 atom stereocenters. The van der Waals surface area contributed by atoms with Gasteiger partial charge in [0.15, 0.2) is 11.6 Å². The number of anilines is 1. The summed E-state index contributed by atoms with van der Waals surface area (Å²) >= 11 is 0. The number of ether oxygens (including phenoxy) is 2. The molecule has 0 aliphatic carbocycles. The maximum absolute atomic E-state index is 14.2. The van der Waals surface area contributed by atoms with Crippen molar-refractivity contribution < 1.29 is 18.7 Å². The number of aromatic nitrogens is 2. The molecule has 0 aliphatic heterocycles. The van der Waals surface area contributed by atoms with Crippen LogP contribution in [0.4, 0.5) is 10.2 Å². The van der Waals surface area contributed by atoms with Gasteiger partial charge in [-0.2, -0.15) is 0 Å². The third kappa shape index (κ3) is 4.41. The van der Waals surface area contributed by atoms with Gasteiger partial charge >= 0.3 is 5.97 Å². The van der Waals surface area contributed by atoms with Gasteiger partial charge in [-0.1, -0.05) is 6.92 Å². The quantitative estimate of drug-likeness (QED) is 0.669. The molecule has 0 fully saturated rings. The Balaban J connectivity index is 2.89. The number of carbonyl (C=O) groups is 1. The zero-order chi connectivity index (χ0) is 15.0. The van der Waals surface area contributed by atoms with Crippen LogP contribution in [0.1, 0.15) is 19.0 Å². The predicted octanol–water partition coefficient (Wildman–Crippen LogP) is 1.19. The molecule has 0 saturated heterocycles. The van der Waals surface area contributed by atoms with E-state index in [1.165, 1.54) is 13.4 Å². The van der Waals surface area contributed by atoms with Gasteiger partial charge < -0.3 is 14.4 Å². The Bertz CT molecular complexity index is 443. The van der Waals surface area contributed by atoms with Crippen LogP contribution in [-0.2, 0) is 20.7 Å². The fraction of sp³-hybridized carbons (Fsp3) is 0.615. The number of hydrogen-bond donors (Lipinski definition) is 0. The van der Waals surface area contributed by atoms with Crippen molar-refractivity contribution in [2.24, 2.45) is 0 Å². The number of aryl methyl sites for hydroxylation is 1. The summed E-state index contributed by atoms with van der Waals surface area (Å²) in [6, 6.07) is 0. The summed E-state index contributed by atoms with van der Waals surface area (Å²) in [7, 11) is 2.88. The zero-order valence-electron chi connectivity index (χ0n) is 12.1. The minimum absolute atomic E-state index is 0.158. The lowest BCUT2D eigenvalue weighted by molar-refractivity contribution is -0.140. The normalized spacial score (nSPS) is 10.4. The summed E-state index contributed by atoms with van der Waals surface area (Å²) in [4.78, 5) is 20.8. The second kappa shape index (κ2) is 8.42. The first kappa shape index (κ1) is 16.3. The molecule has 0 radical (unpaired) electrons. The van der Waals surface area contributed by atoms with Crippen molar-refractivity contribution in [2.75, 3.05) is 38.8 Å². The molecular weight excluding hydrogens is 265 g/mol. The van der Waals surface area contributed by atoms with Crippen LogP contribution in [-0.4, -0.2) is 49.9 Å². The number of rotatable bonds is 8. The first-order valence-electron chi connectivity index (χ1n) is 6.44. The first-order chi connectivity index (χ1) is 9.63. The van der Waals surface area contributed by atoms with Gasteiger partial charge in [0, 0.05) is 20.2 Å². The molecule has 0 amide bonds. The molecule has 0 aliphatic rings. The van der Waals surface area contributed by atoms with Gasteiger partial charge in [0.2, 0.25) is 0 Å². The lowest BCUT2D eigenvalue weighted by atomic mass is 10.2. The van der Waals surface area contributed by atoms with E-state index in [4.69, 9.17) is 4.74 Å². The molecule has 0 spiro atoms. The Morgan fingerprint density at radius 2 is 2.10 bits per heavy atom. The molecule has 6 nitrogen and oxygen atoms in total. The van der Waals surface area contributed by atoms with Crippen LogP contribution >= 0.6 is 0 Å². The van der Waals surface area contributed by atoms with Crippen molar-refractivity contribution >= 4 is 11.8 Å². The van der Waals surface area contributed by atoms with Gasteiger partial charge in [-0.15, -0.1) is 0 Å². The van der Waals surface area contributed by atoms with E-state index in [0.717, 1.165) is 0 Å². The highest BCUT2D eigenvalue weighted by Crippen LogP contribution is 2.18. The molecule has 0 aromatic carbocycles. The molecule has 0 saturated carbocycles. The van der Waals surface area contributed by atoms with E-state index in [1.54, 1.807) is 12.0 Å². The third-order valence-corrected chi connectivity index (χ3v) is 2.86. The maximum Gasteiger partial charge on any atom is 0.307 e. The Kier molecular flexibility index (Phi) is 6.86. The Morgan fingerprint density at radius 1 is 1.35 bits per heavy atom. The first-order valence-corrected chi connectivity index (χ1v) is 6.44. The van der Waals surface area contributed by atoms with Crippen LogP contribution < -0.4 is 4.90 Å². The van der Waals surface area contributed by atoms with Crippen molar-refractivity contribution in [1.29, 1.82) is 0 Å². The van der Waals surface area contributed by atoms with Crippen LogP contribution in [0.2, 0.25) is 0 Å². The molecule has 1 aromatic rings. The number of hydrogen-bond acceptors (Lipinski definition) is 6. The molecule has 20 heavy (non-hydrogen) atoms. The van der Waals surface area contributed by atoms with Crippen molar-refractivity contribution in [3.05, 3.63) is 17.8 Å². The van der Waals surface area contributed by atoms with Crippen LogP contribution in [0.15, 0.2) is 6.33 Å². The zero-order valence-corrected chi connectivity index (χ0v) is 12.1. The molecule has 1 heterocycles. The predicted molar refractivity (Wildman–Crippen MR) is 72.1 cm³/mol. The van der Waals surface area contributed by atoms with Crippen LogP contribution in [0.3, 0.4) is 0 Å². The van der Waals surface area contributed by atoms with Crippen molar-refractivity contribution in [2.45, 2.75) is 19.8 Å². The van der Waals surface area contributed by atoms with Crippen molar-refractivity contribution in [3.63, 3.8) is 0 Å². The van der Waals surface area contributed by atoms with E-state index in [2.05, 4.69) is 14.7 Å². The largest absolute Gasteiger partial charge is 0.469 e. The van der Waals surface area contributed by atoms with E-state index < -0.39 is 5.82 Å². The molecule has 0 N–H and O–H groups in total. The summed E-state index contributed by atoms with van der Waals surface area (Å²) in [5.74, 6) is -0.605. The van der Waals surface area contributed by atoms with Crippen molar-refractivity contribution in [3.8, 4) is 0 Å². The second-order valence-corrected chi connectivity index (χ2v) is 4.12. The van der Waals surface area contributed by atoms with E-state index >= 15 is 0 Å². The van der Waals surface area contributed by atoms with Gasteiger partial charge in [0.05, 0.1) is 25.8 Å². The summed E-state index contributed by atoms with van der Waals surface area (Å²) < 4.78 is 23.8. The minimum atomic E-state index is -0.448. The third-order valence-electron chi connectivity index (χ3n) is 2.86. The van der Waals surface area contributed by atoms with E-state index in [-0.39, 0.29) is 18.2 Å². The van der Waals surface area contributed by atoms with E-state index in [0.29, 0.717) is 31.8 Å². The topological polar surface area (TPSA) is 64.5 Å². The fourth-order valence-corrected chi connectivity index (χ4v) is 1.72. The number of carbonyl (C=O) groups excluding carboxylic acids is 1. The van der Waals surface area contributed by atoms with Crippen LogP contribution in [0, 0.1) is 5.82 Å². The summed E-state index contributed by atoms with van der Waals surface area (Å²) in [6.07, 6.45) is 1.97. The van der Waals surface area contributed by atoms with Gasteiger partial charge in [-0.25, -0.2) is 14.4 Å². The lowest BCUT2D eigenvalue weighted by Crippen LogP contribution is -2.32. The molecule has 0 unspecified atom stereocenters. The van der Waals surface area contributed by atoms with E-state index in [9.17, 15) is 9.18 Å². The van der Waals surface area contributed by atoms with Crippen LogP contribution in [0.5, 0.6) is 0 Å². The number of methoxy groups -OCH3 is 2. The van der Waals surface area contributed by atoms with Gasteiger partial charge in [-0.3, -0.25) is 4.79 Å². The highest BCUT2D eigenvalue weighted by Gasteiger charge is 2.17. The number of halogens is 1. The number of esters is 1. The Labute approximate surface area is 117 Å². The van der Waals surface area contributed by atoms with E-state index in [1.807, 2.05) is 6.92 Å². The van der Waals surface area contributed by atoms with Gasteiger partial charge in [-0.05, 0) is 6.42 Å². The fourth-order valence-electron chi connectivity index (χ4n) is 1.72. The average molecular weight is 285 g/mol.